The molecule has 0 spiro atoms. The Labute approximate surface area is 140 Å². The van der Waals surface area contributed by atoms with E-state index in [4.69, 9.17) is 0 Å². The summed E-state index contributed by atoms with van der Waals surface area (Å²) in [5.41, 5.74) is 5.93. The van der Waals surface area contributed by atoms with E-state index in [1.807, 2.05) is 0 Å². The Morgan fingerprint density at radius 2 is 2.08 bits per heavy atom. The number of hydrogen-bond acceptors (Lipinski definition) is 5. The molecule has 1 saturated carbocycles. The van der Waals surface area contributed by atoms with E-state index >= 15 is 0 Å². The van der Waals surface area contributed by atoms with Gasteiger partial charge in [-0.25, -0.2) is 10.4 Å². The van der Waals surface area contributed by atoms with Crippen LogP contribution in [0, 0.1) is 0 Å². The molecule has 0 radical (unpaired) electrons. The van der Waals surface area contributed by atoms with Gasteiger partial charge in [-0.15, -0.1) is 0 Å². The van der Waals surface area contributed by atoms with Gasteiger partial charge in [0.1, 0.15) is 6.04 Å². The monoisotopic (exact) mass is 333 g/mol. The molecule has 8 heteroatoms. The van der Waals surface area contributed by atoms with E-state index in [9.17, 15) is 14.4 Å². The Hall–Kier alpha value is -2.22. The van der Waals surface area contributed by atoms with Gasteiger partial charge in [-0.2, -0.15) is 0 Å². The molecule has 1 aliphatic carbocycles. The third-order valence-electron chi connectivity index (χ3n) is 4.69. The zero-order valence-corrected chi connectivity index (χ0v) is 13.6. The Morgan fingerprint density at radius 1 is 1.29 bits per heavy atom. The van der Waals surface area contributed by atoms with Gasteiger partial charge in [0.15, 0.2) is 0 Å². The second-order valence-electron chi connectivity index (χ2n) is 6.40. The predicted molar refractivity (Wildman–Crippen MR) is 87.0 cm³/mol. The molecule has 1 unspecified atom stereocenters. The summed E-state index contributed by atoms with van der Waals surface area (Å²) in [6.07, 6.45) is 7.00. The molecule has 2 heterocycles. The Bertz CT molecular complexity index is 656. The lowest BCUT2D eigenvalue weighted by molar-refractivity contribution is -0.128. The van der Waals surface area contributed by atoms with Crippen molar-refractivity contribution in [2.24, 2.45) is 0 Å². The molecule has 24 heavy (non-hydrogen) atoms. The number of rotatable bonds is 5. The lowest BCUT2D eigenvalue weighted by atomic mass is 10.0. The second kappa shape index (κ2) is 7.57. The first-order valence-corrected chi connectivity index (χ1v) is 8.52. The molecule has 2 amide bonds. The number of hydrogen-bond donors (Lipinski definition) is 3. The number of aromatic nitrogens is 2. The molecular weight excluding hydrogens is 310 g/mol. The number of carbonyl (C=O) groups excluding carboxylic acids is 2. The quantitative estimate of drug-likeness (QED) is 0.692. The van der Waals surface area contributed by atoms with Gasteiger partial charge in [-0.1, -0.05) is 12.8 Å². The number of hydrazine groups is 1. The summed E-state index contributed by atoms with van der Waals surface area (Å²) in [4.78, 5) is 39.6. The molecular formula is C16H23N5O3. The molecule has 1 aromatic rings. The van der Waals surface area contributed by atoms with Crippen LogP contribution in [0.4, 0.5) is 0 Å². The topological polar surface area (TPSA) is 105 Å². The van der Waals surface area contributed by atoms with Crippen molar-refractivity contribution in [1.82, 2.24) is 25.7 Å². The highest BCUT2D eigenvalue weighted by molar-refractivity contribution is 5.85. The van der Waals surface area contributed by atoms with Gasteiger partial charge in [0, 0.05) is 31.5 Å². The van der Waals surface area contributed by atoms with Crippen molar-refractivity contribution in [3.63, 3.8) is 0 Å². The zero-order valence-electron chi connectivity index (χ0n) is 13.6. The highest BCUT2D eigenvalue weighted by Crippen LogP contribution is 2.32. The van der Waals surface area contributed by atoms with Crippen LogP contribution >= 0.6 is 0 Å². The molecule has 8 nitrogen and oxygen atoms in total. The van der Waals surface area contributed by atoms with E-state index in [1.54, 1.807) is 12.4 Å². The van der Waals surface area contributed by atoms with E-state index in [0.717, 1.165) is 18.5 Å². The lowest BCUT2D eigenvalue weighted by Gasteiger charge is -2.23. The van der Waals surface area contributed by atoms with Crippen LogP contribution in [0.15, 0.2) is 17.2 Å². The van der Waals surface area contributed by atoms with E-state index in [-0.39, 0.29) is 17.4 Å². The van der Waals surface area contributed by atoms with E-state index in [0.29, 0.717) is 31.8 Å². The Balaban J connectivity index is 1.48. The molecule has 3 N–H and O–H groups in total. The van der Waals surface area contributed by atoms with Crippen molar-refractivity contribution in [1.29, 1.82) is 0 Å². The van der Waals surface area contributed by atoms with E-state index in [2.05, 4.69) is 21.2 Å². The first-order chi connectivity index (χ1) is 11.6. The maximum Gasteiger partial charge on any atom is 0.253 e. The van der Waals surface area contributed by atoms with Crippen LogP contribution in [-0.4, -0.2) is 34.0 Å². The summed E-state index contributed by atoms with van der Waals surface area (Å²) >= 11 is 0. The average Bonchev–Trinajstić information content (AvgIpc) is 3.11. The molecule has 3 rings (SSSR count). The fourth-order valence-corrected chi connectivity index (χ4v) is 3.25. The third kappa shape index (κ3) is 4.00. The van der Waals surface area contributed by atoms with Crippen LogP contribution in [0.3, 0.4) is 0 Å². The first kappa shape index (κ1) is 16.6. The first-order valence-electron chi connectivity index (χ1n) is 8.52. The third-order valence-corrected chi connectivity index (χ3v) is 4.69. The van der Waals surface area contributed by atoms with Crippen LogP contribution in [0.5, 0.6) is 0 Å². The number of carbonyl (C=O) groups is 2. The van der Waals surface area contributed by atoms with Crippen molar-refractivity contribution in [2.75, 3.05) is 6.54 Å². The van der Waals surface area contributed by atoms with E-state index in [1.165, 1.54) is 17.4 Å². The van der Waals surface area contributed by atoms with Gasteiger partial charge in [-0.3, -0.25) is 24.4 Å². The molecule has 1 aliphatic heterocycles. The van der Waals surface area contributed by atoms with Gasteiger partial charge in [0.05, 0.1) is 12.0 Å². The van der Waals surface area contributed by atoms with Crippen LogP contribution in [0.1, 0.15) is 50.1 Å². The van der Waals surface area contributed by atoms with Crippen molar-refractivity contribution < 1.29 is 9.59 Å². The molecule has 1 atom stereocenters. The SMILES string of the molecule is O=C1CCC(C(=O)NCCn2cnc(C3CCCC3)cc2=O)NN1. The predicted octanol–water partition coefficient (Wildman–Crippen LogP) is -0.200. The second-order valence-corrected chi connectivity index (χ2v) is 6.40. The highest BCUT2D eigenvalue weighted by Gasteiger charge is 2.23. The number of amides is 2. The summed E-state index contributed by atoms with van der Waals surface area (Å²) in [7, 11) is 0. The van der Waals surface area contributed by atoms with Crippen molar-refractivity contribution in [3.8, 4) is 0 Å². The number of nitrogens with zero attached hydrogens (tertiary/aromatic N) is 2. The normalized spacial score (nSPS) is 21.5. The minimum Gasteiger partial charge on any atom is -0.353 e. The average molecular weight is 333 g/mol. The molecule has 0 aromatic carbocycles. The van der Waals surface area contributed by atoms with Crippen LogP contribution in [0.25, 0.3) is 0 Å². The van der Waals surface area contributed by atoms with Crippen LogP contribution in [0.2, 0.25) is 0 Å². The summed E-state index contributed by atoms with van der Waals surface area (Å²) in [6, 6.07) is 1.19. The molecule has 0 bridgehead atoms. The number of nitrogens with one attached hydrogen (secondary N) is 3. The maximum atomic E-state index is 12.2. The summed E-state index contributed by atoms with van der Waals surface area (Å²) < 4.78 is 1.51. The van der Waals surface area contributed by atoms with Gasteiger partial charge in [-0.05, 0) is 19.3 Å². The molecule has 2 fully saturated rings. The summed E-state index contributed by atoms with van der Waals surface area (Å²) in [5, 5.41) is 2.77. The van der Waals surface area contributed by atoms with Gasteiger partial charge in [0.25, 0.3) is 5.56 Å². The molecule has 1 aromatic heterocycles. The molecule has 1 saturated heterocycles. The van der Waals surface area contributed by atoms with Crippen LogP contribution in [-0.2, 0) is 16.1 Å². The summed E-state index contributed by atoms with van der Waals surface area (Å²) in [5.74, 6) is 0.122. The van der Waals surface area contributed by atoms with Crippen LogP contribution < -0.4 is 21.7 Å². The lowest BCUT2D eigenvalue weighted by Crippen LogP contribution is -2.55. The minimum atomic E-state index is -0.428. The largest absolute Gasteiger partial charge is 0.353 e. The van der Waals surface area contributed by atoms with Crippen molar-refractivity contribution in [3.05, 3.63) is 28.4 Å². The van der Waals surface area contributed by atoms with Crippen molar-refractivity contribution >= 4 is 11.8 Å². The fraction of sp³-hybridized carbons (Fsp3) is 0.625. The summed E-state index contributed by atoms with van der Waals surface area (Å²) in [6.45, 7) is 0.719. The fourth-order valence-electron chi connectivity index (χ4n) is 3.25. The standard InChI is InChI=1S/C16H23N5O3/c22-14-6-5-12(19-20-14)16(24)17-7-8-21-10-18-13(9-15(21)23)11-3-1-2-4-11/h9-12,19H,1-8H2,(H,17,24)(H,20,22). The maximum absolute atomic E-state index is 12.2. The van der Waals surface area contributed by atoms with E-state index < -0.39 is 6.04 Å². The molecule has 2 aliphatic rings. The Kier molecular flexibility index (Phi) is 5.24. The smallest absolute Gasteiger partial charge is 0.253 e. The highest BCUT2D eigenvalue weighted by atomic mass is 16.2. The van der Waals surface area contributed by atoms with Crippen molar-refractivity contribution in [2.45, 2.75) is 57.0 Å². The zero-order chi connectivity index (χ0) is 16.9. The molecule has 130 valence electrons. The Morgan fingerprint density at radius 3 is 2.75 bits per heavy atom. The van der Waals surface area contributed by atoms with Gasteiger partial charge in [0.2, 0.25) is 11.8 Å². The minimum absolute atomic E-state index is 0.0794. The van der Waals surface area contributed by atoms with Gasteiger partial charge < -0.3 is 5.32 Å². The van der Waals surface area contributed by atoms with Gasteiger partial charge >= 0.3 is 0 Å².